The van der Waals surface area contributed by atoms with E-state index in [1.807, 2.05) is 6.92 Å². The second-order valence-electron chi connectivity index (χ2n) is 5.46. The summed E-state index contributed by atoms with van der Waals surface area (Å²) in [6.45, 7) is 3.18. The Hall–Kier alpha value is -3.27. The number of hydrogen-bond acceptors (Lipinski definition) is 8. The van der Waals surface area contributed by atoms with Crippen LogP contribution in [0.25, 0.3) is 0 Å². The van der Waals surface area contributed by atoms with Gasteiger partial charge in [0.2, 0.25) is 0 Å². The summed E-state index contributed by atoms with van der Waals surface area (Å²) in [5.74, 6) is -2.07. The zero-order chi connectivity index (χ0) is 20.7. The van der Waals surface area contributed by atoms with Crippen molar-refractivity contribution in [3.05, 3.63) is 56.5 Å². The van der Waals surface area contributed by atoms with Crippen LogP contribution in [0, 0.1) is 10.1 Å². The number of aryl methyl sites for hydroxylation is 1. The molecule has 0 aliphatic heterocycles. The zero-order valence-corrected chi connectivity index (χ0v) is 16.0. The second-order valence-corrected chi connectivity index (χ2v) is 6.60. The van der Waals surface area contributed by atoms with Crippen molar-refractivity contribution in [2.45, 2.75) is 20.3 Å². The predicted octanol–water partition coefficient (Wildman–Crippen LogP) is 3.19. The summed E-state index contributed by atoms with van der Waals surface area (Å²) in [6, 6.07) is 6.64. The number of anilines is 1. The van der Waals surface area contributed by atoms with Gasteiger partial charge in [0.15, 0.2) is 6.61 Å². The molecule has 2 rings (SSSR count). The van der Waals surface area contributed by atoms with Crippen molar-refractivity contribution in [3.63, 3.8) is 0 Å². The Morgan fingerprint density at radius 2 is 1.89 bits per heavy atom. The lowest BCUT2D eigenvalue weighted by Crippen LogP contribution is -2.21. The van der Waals surface area contributed by atoms with E-state index in [0.29, 0.717) is 11.4 Å². The van der Waals surface area contributed by atoms with Crippen molar-refractivity contribution in [1.82, 2.24) is 0 Å². The van der Waals surface area contributed by atoms with E-state index in [4.69, 9.17) is 9.47 Å². The first-order chi connectivity index (χ1) is 13.3. The Morgan fingerprint density at radius 3 is 2.54 bits per heavy atom. The number of hydrogen-bond donors (Lipinski definition) is 1. The van der Waals surface area contributed by atoms with E-state index < -0.39 is 29.4 Å². The van der Waals surface area contributed by atoms with Crippen LogP contribution in [0.2, 0.25) is 0 Å². The minimum Gasteiger partial charge on any atom is -0.462 e. The smallest absolute Gasteiger partial charge is 0.341 e. The molecule has 10 heteroatoms. The van der Waals surface area contributed by atoms with Gasteiger partial charge in [0.05, 0.1) is 22.7 Å². The van der Waals surface area contributed by atoms with E-state index in [9.17, 15) is 24.5 Å². The molecule has 9 nitrogen and oxygen atoms in total. The third kappa shape index (κ3) is 5.36. The van der Waals surface area contributed by atoms with Crippen molar-refractivity contribution in [3.8, 4) is 0 Å². The summed E-state index contributed by atoms with van der Waals surface area (Å²) in [4.78, 5) is 47.1. The maximum Gasteiger partial charge on any atom is 0.341 e. The average Bonchev–Trinajstić information content (AvgIpc) is 3.09. The lowest BCUT2D eigenvalue weighted by Gasteiger charge is -2.07. The molecule has 1 amide bonds. The molecule has 1 aromatic heterocycles. The van der Waals surface area contributed by atoms with E-state index in [2.05, 4.69) is 5.32 Å². The fourth-order valence-corrected chi connectivity index (χ4v) is 3.19. The molecule has 1 aromatic carbocycles. The number of nitrogens with one attached hydrogen (secondary N) is 1. The van der Waals surface area contributed by atoms with Crippen LogP contribution in [0.5, 0.6) is 0 Å². The molecule has 2 aromatic rings. The normalized spacial score (nSPS) is 10.2. The van der Waals surface area contributed by atoms with Gasteiger partial charge < -0.3 is 14.8 Å². The largest absolute Gasteiger partial charge is 0.462 e. The molecule has 0 spiro atoms. The number of benzene rings is 1. The van der Waals surface area contributed by atoms with Crippen LogP contribution in [0.1, 0.15) is 39.4 Å². The highest BCUT2D eigenvalue weighted by atomic mass is 32.1. The van der Waals surface area contributed by atoms with Crippen LogP contribution in [-0.4, -0.2) is 36.0 Å². The molecule has 1 heterocycles. The SMILES string of the molecule is CCOC(=O)c1cc(CC)sc1NC(=O)COC(=O)c1cccc([N+](=O)[O-])c1. The van der Waals surface area contributed by atoms with Gasteiger partial charge in [0.1, 0.15) is 5.00 Å². The van der Waals surface area contributed by atoms with Gasteiger partial charge in [-0.15, -0.1) is 11.3 Å². The van der Waals surface area contributed by atoms with Crippen LogP contribution >= 0.6 is 11.3 Å². The Morgan fingerprint density at radius 1 is 1.14 bits per heavy atom. The number of thiophene rings is 1. The summed E-state index contributed by atoms with van der Waals surface area (Å²) >= 11 is 1.23. The maximum atomic E-state index is 12.1. The van der Waals surface area contributed by atoms with Gasteiger partial charge in [0.25, 0.3) is 11.6 Å². The summed E-state index contributed by atoms with van der Waals surface area (Å²) in [5.41, 5.74) is -0.0654. The van der Waals surface area contributed by atoms with Crippen LogP contribution in [-0.2, 0) is 20.7 Å². The highest BCUT2D eigenvalue weighted by molar-refractivity contribution is 7.16. The molecule has 0 aliphatic rings. The van der Waals surface area contributed by atoms with Crippen LogP contribution in [0.3, 0.4) is 0 Å². The number of non-ortho nitro benzene ring substituents is 1. The number of esters is 2. The van der Waals surface area contributed by atoms with E-state index in [0.717, 1.165) is 10.9 Å². The molecule has 148 valence electrons. The molecule has 0 aliphatic carbocycles. The molecule has 0 fully saturated rings. The van der Waals surface area contributed by atoms with Gasteiger partial charge in [-0.1, -0.05) is 13.0 Å². The summed E-state index contributed by atoms with van der Waals surface area (Å²) < 4.78 is 9.86. The lowest BCUT2D eigenvalue weighted by molar-refractivity contribution is -0.384. The van der Waals surface area contributed by atoms with Gasteiger partial charge in [-0.2, -0.15) is 0 Å². The summed E-state index contributed by atoms with van der Waals surface area (Å²) in [6.07, 6.45) is 0.675. The maximum absolute atomic E-state index is 12.1. The second kappa shape index (κ2) is 9.60. The summed E-state index contributed by atoms with van der Waals surface area (Å²) in [7, 11) is 0. The van der Waals surface area contributed by atoms with Crippen molar-refractivity contribution in [1.29, 1.82) is 0 Å². The number of amides is 1. The van der Waals surface area contributed by atoms with Crippen LogP contribution in [0.4, 0.5) is 10.7 Å². The highest BCUT2D eigenvalue weighted by Crippen LogP contribution is 2.29. The third-order valence-electron chi connectivity index (χ3n) is 3.51. The molecule has 0 unspecified atom stereocenters. The topological polar surface area (TPSA) is 125 Å². The van der Waals surface area contributed by atoms with Gasteiger partial charge in [-0.3, -0.25) is 14.9 Å². The first-order valence-electron chi connectivity index (χ1n) is 8.37. The first kappa shape index (κ1) is 21.0. The van der Waals surface area contributed by atoms with Crippen molar-refractivity contribution in [2.75, 3.05) is 18.5 Å². The standard InChI is InChI=1S/C18H18N2O7S/c1-3-13-9-14(18(23)26-4-2)16(28-13)19-15(21)10-27-17(22)11-6-5-7-12(8-11)20(24)25/h5-9H,3-4,10H2,1-2H3,(H,19,21). The van der Waals surface area contributed by atoms with Crippen molar-refractivity contribution >= 4 is 39.9 Å². The van der Waals surface area contributed by atoms with Gasteiger partial charge in [-0.05, 0) is 25.5 Å². The number of carbonyl (C=O) groups is 3. The molecular weight excluding hydrogens is 388 g/mol. The van der Waals surface area contributed by atoms with Crippen molar-refractivity contribution < 1.29 is 28.8 Å². The number of rotatable bonds is 8. The van der Waals surface area contributed by atoms with E-state index in [-0.39, 0.29) is 23.4 Å². The van der Waals surface area contributed by atoms with Gasteiger partial charge in [-0.25, -0.2) is 9.59 Å². The first-order valence-corrected chi connectivity index (χ1v) is 9.18. The minimum absolute atomic E-state index is 0.0430. The molecule has 0 saturated heterocycles. The molecule has 0 atom stereocenters. The highest BCUT2D eigenvalue weighted by Gasteiger charge is 2.20. The van der Waals surface area contributed by atoms with Crippen LogP contribution in [0.15, 0.2) is 30.3 Å². The average molecular weight is 406 g/mol. The Kier molecular flexibility index (Phi) is 7.21. The lowest BCUT2D eigenvalue weighted by atomic mass is 10.2. The number of nitrogens with zero attached hydrogens (tertiary/aromatic N) is 1. The fraction of sp³-hybridized carbons (Fsp3) is 0.278. The van der Waals surface area contributed by atoms with Crippen molar-refractivity contribution in [2.24, 2.45) is 0 Å². The monoisotopic (exact) mass is 406 g/mol. The number of nitro groups is 1. The molecule has 0 saturated carbocycles. The van der Waals surface area contributed by atoms with E-state index >= 15 is 0 Å². The number of carbonyl (C=O) groups excluding carboxylic acids is 3. The molecule has 0 bridgehead atoms. The molecule has 0 radical (unpaired) electrons. The zero-order valence-electron chi connectivity index (χ0n) is 15.2. The summed E-state index contributed by atoms with van der Waals surface area (Å²) in [5, 5.41) is 13.6. The number of nitro benzene ring substituents is 1. The van der Waals surface area contributed by atoms with E-state index in [1.165, 1.54) is 29.5 Å². The van der Waals surface area contributed by atoms with Crippen LogP contribution < -0.4 is 5.32 Å². The molecule has 1 N–H and O–H groups in total. The minimum atomic E-state index is -0.870. The Labute approximate surface area is 164 Å². The quantitative estimate of drug-likeness (QED) is 0.405. The number of ether oxygens (including phenoxy) is 2. The van der Waals surface area contributed by atoms with Gasteiger partial charge in [0, 0.05) is 17.0 Å². The fourth-order valence-electron chi connectivity index (χ4n) is 2.19. The Balaban J connectivity index is 2.02. The Bertz CT molecular complexity index is 907. The predicted molar refractivity (Wildman–Crippen MR) is 102 cm³/mol. The molecule has 28 heavy (non-hydrogen) atoms. The molecular formula is C18H18N2O7S. The van der Waals surface area contributed by atoms with E-state index in [1.54, 1.807) is 13.0 Å². The van der Waals surface area contributed by atoms with Gasteiger partial charge >= 0.3 is 11.9 Å². The third-order valence-corrected chi connectivity index (χ3v) is 4.70.